The number of aromatic carboxylic acids is 1. The molecule has 0 unspecified atom stereocenters. The first-order valence-electron chi connectivity index (χ1n) is 8.49. The van der Waals surface area contributed by atoms with Crippen molar-refractivity contribution in [1.82, 2.24) is 9.97 Å². The molecule has 8 heteroatoms. The maximum Gasteiger partial charge on any atom is 0.335 e. The van der Waals surface area contributed by atoms with Crippen molar-refractivity contribution >= 4 is 32.7 Å². The van der Waals surface area contributed by atoms with Crippen molar-refractivity contribution in [1.29, 1.82) is 0 Å². The van der Waals surface area contributed by atoms with Crippen molar-refractivity contribution < 1.29 is 18.3 Å². The lowest BCUT2D eigenvalue weighted by atomic mass is 10.1. The Hall–Kier alpha value is -3.00. The average Bonchev–Trinajstić information content (AvgIpc) is 2.67. The van der Waals surface area contributed by atoms with Crippen molar-refractivity contribution in [3.05, 3.63) is 54.1 Å². The van der Waals surface area contributed by atoms with E-state index in [1.54, 1.807) is 6.07 Å². The van der Waals surface area contributed by atoms with E-state index in [1.165, 1.54) is 12.1 Å². The molecule has 27 heavy (non-hydrogen) atoms. The number of carboxylic acids is 1. The first-order chi connectivity index (χ1) is 12.9. The van der Waals surface area contributed by atoms with E-state index in [-0.39, 0.29) is 17.1 Å². The van der Waals surface area contributed by atoms with Crippen molar-refractivity contribution in [3.8, 4) is 11.3 Å². The highest BCUT2D eigenvalue weighted by molar-refractivity contribution is 7.91. The molecule has 1 saturated heterocycles. The Morgan fingerprint density at radius 2 is 1.67 bits per heavy atom. The molecule has 138 valence electrons. The summed E-state index contributed by atoms with van der Waals surface area (Å²) in [6.07, 6.45) is 0. The number of hydrogen-bond donors (Lipinski definition) is 1. The Kier molecular flexibility index (Phi) is 4.27. The summed E-state index contributed by atoms with van der Waals surface area (Å²) in [4.78, 5) is 22.6. The van der Waals surface area contributed by atoms with Crippen LogP contribution in [0.5, 0.6) is 0 Å². The zero-order valence-corrected chi connectivity index (χ0v) is 15.2. The van der Waals surface area contributed by atoms with E-state index in [9.17, 15) is 18.3 Å². The Balaban J connectivity index is 1.88. The molecule has 1 N–H and O–H groups in total. The molecular formula is C19H17N3O4S. The van der Waals surface area contributed by atoms with E-state index in [0.29, 0.717) is 35.6 Å². The maximum atomic E-state index is 11.8. The number of nitrogens with zero attached hydrogens (tertiary/aromatic N) is 3. The molecule has 7 nitrogen and oxygen atoms in total. The highest BCUT2D eigenvalue weighted by Crippen LogP contribution is 2.30. The Labute approximate surface area is 156 Å². The lowest BCUT2D eigenvalue weighted by Gasteiger charge is -2.29. The monoisotopic (exact) mass is 383 g/mol. The van der Waals surface area contributed by atoms with E-state index in [0.717, 1.165) is 5.56 Å². The van der Waals surface area contributed by atoms with Gasteiger partial charge in [-0.25, -0.2) is 23.2 Å². The van der Waals surface area contributed by atoms with Crippen LogP contribution in [-0.2, 0) is 9.84 Å². The molecule has 0 aliphatic carbocycles. The van der Waals surface area contributed by atoms with Crippen LogP contribution >= 0.6 is 0 Å². The summed E-state index contributed by atoms with van der Waals surface area (Å²) >= 11 is 0. The number of aromatic nitrogens is 2. The third-order valence-electron chi connectivity index (χ3n) is 4.58. The van der Waals surface area contributed by atoms with Gasteiger partial charge in [0.05, 0.1) is 28.1 Å². The number of rotatable bonds is 3. The van der Waals surface area contributed by atoms with Crippen LogP contribution in [0, 0.1) is 0 Å². The molecule has 1 aromatic heterocycles. The normalized spacial score (nSPS) is 16.4. The van der Waals surface area contributed by atoms with Crippen LogP contribution in [0.1, 0.15) is 10.4 Å². The van der Waals surface area contributed by atoms with E-state index in [1.807, 2.05) is 35.2 Å². The van der Waals surface area contributed by atoms with Crippen LogP contribution in [-0.4, -0.2) is 54.1 Å². The zero-order chi connectivity index (χ0) is 19.0. The van der Waals surface area contributed by atoms with Crippen molar-refractivity contribution in [2.75, 3.05) is 29.5 Å². The Bertz CT molecular complexity index is 1120. The van der Waals surface area contributed by atoms with E-state index < -0.39 is 15.8 Å². The van der Waals surface area contributed by atoms with Crippen LogP contribution in [0.3, 0.4) is 0 Å². The number of carboxylic acid groups (broad SMARTS) is 1. The van der Waals surface area contributed by atoms with E-state index >= 15 is 0 Å². The highest BCUT2D eigenvalue weighted by Gasteiger charge is 2.25. The van der Waals surface area contributed by atoms with Crippen molar-refractivity contribution in [3.63, 3.8) is 0 Å². The van der Waals surface area contributed by atoms with Gasteiger partial charge in [-0.2, -0.15) is 0 Å². The number of anilines is 1. The van der Waals surface area contributed by atoms with Gasteiger partial charge in [-0.15, -0.1) is 0 Å². The van der Waals surface area contributed by atoms with E-state index in [2.05, 4.69) is 4.98 Å². The molecule has 2 heterocycles. The van der Waals surface area contributed by atoms with Gasteiger partial charge in [-0.1, -0.05) is 30.3 Å². The molecular weight excluding hydrogens is 366 g/mol. The van der Waals surface area contributed by atoms with Gasteiger partial charge in [0, 0.05) is 18.7 Å². The van der Waals surface area contributed by atoms with Gasteiger partial charge in [0.2, 0.25) is 0 Å². The van der Waals surface area contributed by atoms with Gasteiger partial charge >= 0.3 is 5.97 Å². The topological polar surface area (TPSA) is 100 Å². The molecule has 0 saturated carbocycles. The Morgan fingerprint density at radius 1 is 0.963 bits per heavy atom. The summed E-state index contributed by atoms with van der Waals surface area (Å²) in [5, 5.41) is 9.23. The predicted molar refractivity (Wildman–Crippen MR) is 103 cm³/mol. The molecule has 2 aromatic carbocycles. The largest absolute Gasteiger partial charge is 0.478 e. The molecule has 0 bridgehead atoms. The number of fused-ring (bicyclic) bond motifs is 1. The fourth-order valence-corrected chi connectivity index (χ4v) is 4.31. The summed E-state index contributed by atoms with van der Waals surface area (Å²) in [5.41, 5.74) is 2.73. The van der Waals surface area contributed by atoms with E-state index in [4.69, 9.17) is 4.98 Å². The molecule has 4 rings (SSSR count). The summed E-state index contributed by atoms with van der Waals surface area (Å²) in [6, 6.07) is 14.2. The first kappa shape index (κ1) is 17.4. The van der Waals surface area contributed by atoms with Crippen molar-refractivity contribution in [2.24, 2.45) is 0 Å². The lowest BCUT2D eigenvalue weighted by molar-refractivity contribution is 0.0697. The molecule has 1 aliphatic heterocycles. The summed E-state index contributed by atoms with van der Waals surface area (Å²) in [5.74, 6) is -0.325. The molecule has 0 atom stereocenters. The Morgan fingerprint density at radius 3 is 2.33 bits per heavy atom. The van der Waals surface area contributed by atoms with Gasteiger partial charge in [-0.3, -0.25) is 0 Å². The average molecular weight is 383 g/mol. The number of carbonyl (C=O) groups is 1. The third kappa shape index (κ3) is 3.48. The first-order valence-corrected chi connectivity index (χ1v) is 10.3. The van der Waals surface area contributed by atoms with Crippen LogP contribution in [0.4, 0.5) is 5.82 Å². The van der Waals surface area contributed by atoms with Gasteiger partial charge in [-0.05, 0) is 18.2 Å². The number of hydrogen-bond acceptors (Lipinski definition) is 6. The molecule has 1 fully saturated rings. The molecule has 0 amide bonds. The smallest absolute Gasteiger partial charge is 0.335 e. The second-order valence-electron chi connectivity index (χ2n) is 6.41. The lowest BCUT2D eigenvalue weighted by Crippen LogP contribution is -2.41. The summed E-state index contributed by atoms with van der Waals surface area (Å²) in [6.45, 7) is 0.669. The van der Waals surface area contributed by atoms with Crippen LogP contribution in [0.15, 0.2) is 48.5 Å². The molecule has 1 aliphatic rings. The predicted octanol–water partition coefficient (Wildman–Crippen LogP) is 2.23. The minimum atomic E-state index is -3.03. The van der Waals surface area contributed by atoms with Gasteiger partial charge in [0.1, 0.15) is 5.69 Å². The second-order valence-corrected chi connectivity index (χ2v) is 8.71. The minimum absolute atomic E-state index is 0.0656. The molecule has 0 radical (unpaired) electrons. The second kappa shape index (κ2) is 6.62. The van der Waals surface area contributed by atoms with Gasteiger partial charge < -0.3 is 10.0 Å². The fourth-order valence-electron chi connectivity index (χ4n) is 3.11. The van der Waals surface area contributed by atoms with Crippen molar-refractivity contribution in [2.45, 2.75) is 0 Å². The summed E-state index contributed by atoms with van der Waals surface area (Å²) in [7, 11) is -3.03. The number of sulfone groups is 1. The SMILES string of the molecule is O=C(O)c1ccc2nc(-c3ccccc3)c(N3CCS(=O)(=O)CC3)nc2c1. The van der Waals surface area contributed by atoms with Gasteiger partial charge in [0.25, 0.3) is 0 Å². The van der Waals surface area contributed by atoms with Crippen LogP contribution in [0.25, 0.3) is 22.3 Å². The minimum Gasteiger partial charge on any atom is -0.478 e. The fraction of sp³-hybridized carbons (Fsp3) is 0.211. The number of benzene rings is 2. The zero-order valence-electron chi connectivity index (χ0n) is 14.4. The quantitative estimate of drug-likeness (QED) is 0.740. The molecule has 3 aromatic rings. The molecule has 0 spiro atoms. The third-order valence-corrected chi connectivity index (χ3v) is 6.19. The maximum absolute atomic E-state index is 11.8. The highest BCUT2D eigenvalue weighted by atomic mass is 32.2. The van der Waals surface area contributed by atoms with Gasteiger partial charge in [0.15, 0.2) is 15.7 Å². The summed E-state index contributed by atoms with van der Waals surface area (Å²) < 4.78 is 23.6. The van der Waals surface area contributed by atoms with Crippen LogP contribution < -0.4 is 4.90 Å². The standard InChI is InChI=1S/C19H17N3O4S/c23-19(24)14-6-7-15-16(12-14)21-18(22-8-10-27(25,26)11-9-22)17(20-15)13-4-2-1-3-5-13/h1-7,12H,8-11H2,(H,23,24). The van der Waals surface area contributed by atoms with Crippen LogP contribution in [0.2, 0.25) is 0 Å².